The molecule has 3 rings (SSSR count). The van der Waals surface area contributed by atoms with Gasteiger partial charge in [-0.2, -0.15) is 5.26 Å². The number of nitrogens with zero attached hydrogens (tertiary/aromatic N) is 3. The summed E-state index contributed by atoms with van der Waals surface area (Å²) in [5.74, 6) is 1.84. The highest BCUT2D eigenvalue weighted by Crippen LogP contribution is 2.32. The van der Waals surface area contributed by atoms with Gasteiger partial charge in [-0.05, 0) is 37.3 Å². The Kier molecular flexibility index (Phi) is 4.40. The van der Waals surface area contributed by atoms with E-state index in [9.17, 15) is 5.26 Å². The van der Waals surface area contributed by atoms with E-state index >= 15 is 0 Å². The molecule has 0 aliphatic heterocycles. The molecule has 0 spiro atoms. The molecule has 1 aromatic carbocycles. The summed E-state index contributed by atoms with van der Waals surface area (Å²) in [6, 6.07) is 11.6. The molecule has 0 radical (unpaired) electrons. The summed E-state index contributed by atoms with van der Waals surface area (Å²) >= 11 is 0. The molecule has 6 heteroatoms. The van der Waals surface area contributed by atoms with Crippen LogP contribution in [0.3, 0.4) is 0 Å². The van der Waals surface area contributed by atoms with E-state index in [2.05, 4.69) is 21.0 Å². The number of aryl methyl sites for hydroxylation is 2. The number of nitrogens with two attached hydrogens (primary N) is 1. The molecule has 2 heterocycles. The normalized spacial score (nSPS) is 10.5. The zero-order valence-electron chi connectivity index (χ0n) is 14.4. The van der Waals surface area contributed by atoms with Crippen molar-refractivity contribution in [1.29, 1.82) is 5.26 Å². The fourth-order valence-electron chi connectivity index (χ4n) is 2.73. The zero-order valence-corrected chi connectivity index (χ0v) is 14.4. The molecule has 25 heavy (non-hydrogen) atoms. The molecular formula is C19H19N5O. The third-order valence-electron chi connectivity index (χ3n) is 4.07. The molecular weight excluding hydrogens is 314 g/mol. The van der Waals surface area contributed by atoms with Gasteiger partial charge in [0.05, 0.1) is 18.5 Å². The molecule has 0 saturated heterocycles. The van der Waals surface area contributed by atoms with E-state index in [0.717, 1.165) is 34.9 Å². The number of rotatable bonds is 4. The minimum absolute atomic E-state index is 0.200. The van der Waals surface area contributed by atoms with Crippen molar-refractivity contribution in [3.8, 4) is 34.3 Å². The lowest BCUT2D eigenvalue weighted by atomic mass is 10.0. The standard InChI is InChI=1S/C19H19N5O/c1-4-17-22-11(2)18(24-17)14-9-16(23-19(21)15(14)10-20)12-5-7-13(25-3)8-6-12/h5-9H,4H2,1-3H3,(H2,21,23)(H,22,24). The lowest BCUT2D eigenvalue weighted by Gasteiger charge is -2.09. The van der Waals surface area contributed by atoms with Crippen LogP contribution in [0.15, 0.2) is 30.3 Å². The minimum Gasteiger partial charge on any atom is -0.497 e. The predicted octanol–water partition coefficient (Wildman–Crippen LogP) is 3.47. The number of nitriles is 1. The van der Waals surface area contributed by atoms with Crippen LogP contribution in [0.5, 0.6) is 5.75 Å². The Morgan fingerprint density at radius 3 is 2.52 bits per heavy atom. The van der Waals surface area contributed by atoms with E-state index in [1.54, 1.807) is 7.11 Å². The van der Waals surface area contributed by atoms with Gasteiger partial charge in [-0.1, -0.05) is 6.92 Å². The fourth-order valence-corrected chi connectivity index (χ4v) is 2.73. The van der Waals surface area contributed by atoms with Crippen molar-refractivity contribution in [2.45, 2.75) is 20.3 Å². The van der Waals surface area contributed by atoms with Crippen LogP contribution in [0.1, 0.15) is 24.0 Å². The average molecular weight is 333 g/mol. The van der Waals surface area contributed by atoms with E-state index in [1.165, 1.54) is 0 Å². The summed E-state index contributed by atoms with van der Waals surface area (Å²) in [5.41, 5.74) is 10.3. The number of aromatic amines is 1. The number of anilines is 1. The maximum absolute atomic E-state index is 9.52. The first kappa shape index (κ1) is 16.5. The second-order valence-corrected chi connectivity index (χ2v) is 5.67. The van der Waals surface area contributed by atoms with Crippen LogP contribution >= 0.6 is 0 Å². The quantitative estimate of drug-likeness (QED) is 0.761. The first-order chi connectivity index (χ1) is 12.1. The van der Waals surface area contributed by atoms with Gasteiger partial charge in [0.1, 0.15) is 29.0 Å². The molecule has 3 aromatic rings. The highest BCUT2D eigenvalue weighted by Gasteiger charge is 2.17. The van der Waals surface area contributed by atoms with Gasteiger partial charge >= 0.3 is 0 Å². The topological polar surface area (TPSA) is 101 Å². The lowest BCUT2D eigenvalue weighted by molar-refractivity contribution is 0.415. The third-order valence-corrected chi connectivity index (χ3v) is 4.07. The highest BCUT2D eigenvalue weighted by molar-refractivity contribution is 5.79. The number of nitrogen functional groups attached to an aromatic ring is 1. The second-order valence-electron chi connectivity index (χ2n) is 5.67. The first-order valence-electron chi connectivity index (χ1n) is 7.98. The Labute approximate surface area is 146 Å². The number of methoxy groups -OCH3 is 1. The zero-order chi connectivity index (χ0) is 18.0. The molecule has 0 amide bonds. The Hall–Kier alpha value is -3.33. The molecule has 0 atom stereocenters. The first-order valence-corrected chi connectivity index (χ1v) is 7.98. The van der Waals surface area contributed by atoms with Crippen molar-refractivity contribution in [2.24, 2.45) is 0 Å². The van der Waals surface area contributed by atoms with Crippen LogP contribution in [0, 0.1) is 18.3 Å². The van der Waals surface area contributed by atoms with E-state index in [4.69, 9.17) is 10.5 Å². The van der Waals surface area contributed by atoms with Gasteiger partial charge in [-0.15, -0.1) is 0 Å². The van der Waals surface area contributed by atoms with E-state index in [0.29, 0.717) is 16.8 Å². The summed E-state index contributed by atoms with van der Waals surface area (Å²) < 4.78 is 5.19. The predicted molar refractivity (Wildman–Crippen MR) is 97.0 cm³/mol. The lowest BCUT2D eigenvalue weighted by Crippen LogP contribution is -2.00. The fraction of sp³-hybridized carbons (Fsp3) is 0.211. The van der Waals surface area contributed by atoms with E-state index < -0.39 is 0 Å². The summed E-state index contributed by atoms with van der Waals surface area (Å²) in [4.78, 5) is 12.2. The summed E-state index contributed by atoms with van der Waals surface area (Å²) in [6.45, 7) is 3.96. The molecule has 0 fully saturated rings. The van der Waals surface area contributed by atoms with Gasteiger partial charge in [-0.25, -0.2) is 9.97 Å². The molecule has 0 saturated carbocycles. The van der Waals surface area contributed by atoms with Gasteiger partial charge in [0.25, 0.3) is 0 Å². The van der Waals surface area contributed by atoms with Crippen molar-refractivity contribution in [3.63, 3.8) is 0 Å². The number of nitrogens with one attached hydrogen (secondary N) is 1. The number of benzene rings is 1. The van der Waals surface area contributed by atoms with Crippen molar-refractivity contribution in [1.82, 2.24) is 15.0 Å². The van der Waals surface area contributed by atoms with E-state index in [-0.39, 0.29) is 5.82 Å². The van der Waals surface area contributed by atoms with Gasteiger partial charge in [-0.3, -0.25) is 0 Å². The Balaban J connectivity index is 2.18. The Morgan fingerprint density at radius 1 is 1.24 bits per heavy atom. The SMILES string of the molecule is CCc1nc(-c2cc(-c3ccc(OC)cc3)nc(N)c2C#N)c(C)[nH]1. The smallest absolute Gasteiger partial charge is 0.142 e. The van der Waals surface area contributed by atoms with Crippen LogP contribution in [-0.4, -0.2) is 22.1 Å². The van der Waals surface area contributed by atoms with Gasteiger partial charge in [0.15, 0.2) is 0 Å². The molecule has 0 aliphatic rings. The van der Waals surface area contributed by atoms with Gasteiger partial charge in [0.2, 0.25) is 0 Å². The molecule has 6 nitrogen and oxygen atoms in total. The summed E-state index contributed by atoms with van der Waals surface area (Å²) in [7, 11) is 1.62. The van der Waals surface area contributed by atoms with Crippen LogP contribution in [-0.2, 0) is 6.42 Å². The second kappa shape index (κ2) is 6.65. The summed E-state index contributed by atoms with van der Waals surface area (Å²) in [5, 5.41) is 9.52. The number of hydrogen-bond acceptors (Lipinski definition) is 5. The molecule has 0 bridgehead atoms. The number of pyridine rings is 1. The largest absolute Gasteiger partial charge is 0.497 e. The van der Waals surface area contributed by atoms with Gasteiger partial charge in [0, 0.05) is 23.2 Å². The third kappa shape index (κ3) is 3.04. The monoisotopic (exact) mass is 333 g/mol. The number of hydrogen-bond donors (Lipinski definition) is 2. The highest BCUT2D eigenvalue weighted by atomic mass is 16.5. The van der Waals surface area contributed by atoms with Crippen molar-refractivity contribution in [2.75, 3.05) is 12.8 Å². The molecule has 0 unspecified atom stereocenters. The molecule has 3 N–H and O–H groups in total. The molecule has 2 aromatic heterocycles. The Bertz CT molecular complexity index is 951. The van der Waals surface area contributed by atoms with Crippen molar-refractivity contribution in [3.05, 3.63) is 47.4 Å². The van der Waals surface area contributed by atoms with Crippen LogP contribution < -0.4 is 10.5 Å². The van der Waals surface area contributed by atoms with Crippen LogP contribution in [0.4, 0.5) is 5.82 Å². The summed E-state index contributed by atoms with van der Waals surface area (Å²) in [6.07, 6.45) is 0.786. The van der Waals surface area contributed by atoms with Crippen molar-refractivity contribution >= 4 is 5.82 Å². The number of imidazole rings is 1. The van der Waals surface area contributed by atoms with Crippen LogP contribution in [0.25, 0.3) is 22.5 Å². The number of aromatic nitrogens is 3. The Morgan fingerprint density at radius 2 is 1.96 bits per heavy atom. The van der Waals surface area contributed by atoms with Crippen LogP contribution in [0.2, 0.25) is 0 Å². The number of ether oxygens (including phenoxy) is 1. The minimum atomic E-state index is 0.200. The number of H-pyrrole nitrogens is 1. The van der Waals surface area contributed by atoms with Gasteiger partial charge < -0.3 is 15.5 Å². The average Bonchev–Trinajstić information content (AvgIpc) is 3.02. The van der Waals surface area contributed by atoms with Crippen molar-refractivity contribution < 1.29 is 4.74 Å². The maximum atomic E-state index is 9.52. The maximum Gasteiger partial charge on any atom is 0.142 e. The molecule has 126 valence electrons. The molecule has 0 aliphatic carbocycles. The van der Waals surface area contributed by atoms with E-state index in [1.807, 2.05) is 44.2 Å².